The summed E-state index contributed by atoms with van der Waals surface area (Å²) in [4.78, 5) is 25.8. The number of rotatable bonds is 8. The topological polar surface area (TPSA) is 114 Å². The molecule has 1 aliphatic rings. The highest BCUT2D eigenvalue weighted by Crippen LogP contribution is 2.37. The Kier molecular flexibility index (Phi) is 7.65. The molecule has 4 rings (SSSR count). The van der Waals surface area contributed by atoms with Crippen LogP contribution in [0.15, 0.2) is 60.7 Å². The minimum atomic E-state index is -4.64. The van der Waals surface area contributed by atoms with Gasteiger partial charge in [-0.2, -0.15) is 13.2 Å². The Morgan fingerprint density at radius 2 is 1.43 bits per heavy atom. The lowest BCUT2D eigenvalue weighted by Crippen LogP contribution is -2.42. The van der Waals surface area contributed by atoms with Crippen molar-refractivity contribution in [3.8, 4) is 0 Å². The summed E-state index contributed by atoms with van der Waals surface area (Å²) >= 11 is 0. The third kappa shape index (κ3) is 6.38. The van der Waals surface area contributed by atoms with E-state index in [9.17, 15) is 33.0 Å². The van der Waals surface area contributed by atoms with E-state index in [0.717, 1.165) is 43.9 Å². The van der Waals surface area contributed by atoms with Gasteiger partial charge in [-0.1, -0.05) is 18.2 Å². The number of piperazine rings is 1. The van der Waals surface area contributed by atoms with E-state index in [4.69, 9.17) is 0 Å². The quantitative estimate of drug-likeness (QED) is 0.286. The number of hydrogen-bond donors (Lipinski definition) is 5. The first-order valence-corrected chi connectivity index (χ1v) is 11.5. The van der Waals surface area contributed by atoms with Gasteiger partial charge in [0.05, 0.1) is 39.4 Å². The first-order chi connectivity index (χ1) is 17.6. The second kappa shape index (κ2) is 10.9. The zero-order chi connectivity index (χ0) is 26.6. The molecule has 1 saturated heterocycles. The highest BCUT2D eigenvalue weighted by Gasteiger charge is 2.31. The predicted octanol–water partition coefficient (Wildman–Crippen LogP) is 4.99. The van der Waals surface area contributed by atoms with Gasteiger partial charge < -0.3 is 26.2 Å². The van der Waals surface area contributed by atoms with Crippen LogP contribution in [0.5, 0.6) is 0 Å². The molecule has 0 radical (unpaired) electrons. The van der Waals surface area contributed by atoms with Gasteiger partial charge in [-0.15, -0.1) is 0 Å². The average Bonchev–Trinajstić information content (AvgIpc) is 2.86. The van der Waals surface area contributed by atoms with Crippen LogP contribution in [0.1, 0.15) is 31.8 Å². The van der Waals surface area contributed by atoms with Gasteiger partial charge in [0.1, 0.15) is 0 Å². The van der Waals surface area contributed by atoms with Crippen molar-refractivity contribution in [2.75, 3.05) is 36.8 Å². The van der Waals surface area contributed by atoms with Gasteiger partial charge in [0, 0.05) is 32.7 Å². The number of benzene rings is 3. The zero-order valence-electron chi connectivity index (χ0n) is 19.6. The minimum absolute atomic E-state index is 0.0626. The second-order valence-corrected chi connectivity index (χ2v) is 8.57. The smallest absolute Gasteiger partial charge is 0.416 e. The number of nitrogens with zero attached hydrogens (tertiary/aromatic N) is 1. The van der Waals surface area contributed by atoms with Gasteiger partial charge in [-0.25, -0.2) is 9.59 Å². The fourth-order valence-corrected chi connectivity index (χ4v) is 4.10. The Morgan fingerprint density at radius 1 is 0.811 bits per heavy atom. The van der Waals surface area contributed by atoms with Crippen LogP contribution in [-0.2, 0) is 12.7 Å². The van der Waals surface area contributed by atoms with E-state index in [1.807, 2.05) is 0 Å². The minimum Gasteiger partial charge on any atom is -0.478 e. The standard InChI is InChI=1S/C26H25F3N4O4/c27-26(28,29)17-6-8-22(31-20-4-2-1-3-18(20)24(34)35)23(14-17)32-21-7-5-16(13-19(21)25(36)37)15-33-11-9-30-10-12-33/h1-8,13-14,30-32H,9-12,15H2,(H,34,35)(H,36,37). The fraction of sp³-hybridized carbons (Fsp3) is 0.231. The summed E-state index contributed by atoms with van der Waals surface area (Å²) in [7, 11) is 0. The van der Waals surface area contributed by atoms with E-state index >= 15 is 0 Å². The number of carbonyl (C=O) groups is 2. The van der Waals surface area contributed by atoms with Crippen LogP contribution in [0, 0.1) is 0 Å². The number of carboxylic acids is 2. The van der Waals surface area contributed by atoms with Crippen molar-refractivity contribution in [3.05, 3.63) is 82.9 Å². The summed E-state index contributed by atoms with van der Waals surface area (Å²) in [5.74, 6) is -2.44. The molecule has 1 fully saturated rings. The number of hydrogen-bond acceptors (Lipinski definition) is 6. The van der Waals surface area contributed by atoms with Crippen LogP contribution in [0.2, 0.25) is 0 Å². The monoisotopic (exact) mass is 514 g/mol. The third-order valence-corrected chi connectivity index (χ3v) is 5.97. The van der Waals surface area contributed by atoms with Gasteiger partial charge in [0.15, 0.2) is 0 Å². The number of para-hydroxylation sites is 1. The first kappa shape index (κ1) is 26.0. The lowest BCUT2D eigenvalue weighted by molar-refractivity contribution is -0.137. The lowest BCUT2D eigenvalue weighted by atomic mass is 10.1. The molecule has 3 aromatic carbocycles. The number of nitrogens with one attached hydrogen (secondary N) is 3. The van der Waals surface area contributed by atoms with Gasteiger partial charge in [-0.05, 0) is 48.0 Å². The van der Waals surface area contributed by atoms with Gasteiger partial charge in [0.2, 0.25) is 0 Å². The Labute approximate surface area is 210 Å². The summed E-state index contributed by atoms with van der Waals surface area (Å²) in [5, 5.41) is 28.2. The Morgan fingerprint density at radius 3 is 2.11 bits per heavy atom. The molecule has 0 aliphatic carbocycles. The maximum atomic E-state index is 13.5. The SMILES string of the molecule is O=C(O)c1ccccc1Nc1ccc(C(F)(F)F)cc1Nc1ccc(CN2CCNCC2)cc1C(=O)O. The van der Waals surface area contributed by atoms with Crippen molar-refractivity contribution in [1.82, 2.24) is 10.2 Å². The molecule has 3 aromatic rings. The number of anilines is 4. The van der Waals surface area contributed by atoms with Gasteiger partial charge in [-0.3, -0.25) is 4.90 Å². The van der Waals surface area contributed by atoms with Crippen molar-refractivity contribution >= 4 is 34.7 Å². The molecule has 37 heavy (non-hydrogen) atoms. The molecule has 0 bridgehead atoms. The largest absolute Gasteiger partial charge is 0.478 e. The maximum Gasteiger partial charge on any atom is 0.416 e. The number of halogens is 3. The normalized spacial score (nSPS) is 14.2. The first-order valence-electron chi connectivity index (χ1n) is 11.5. The summed E-state index contributed by atoms with van der Waals surface area (Å²) in [6.45, 7) is 3.85. The Balaban J connectivity index is 1.70. The van der Waals surface area contributed by atoms with E-state index in [1.54, 1.807) is 12.1 Å². The summed E-state index contributed by atoms with van der Waals surface area (Å²) in [6, 6.07) is 13.6. The second-order valence-electron chi connectivity index (χ2n) is 8.57. The molecule has 1 heterocycles. The maximum absolute atomic E-state index is 13.5. The van der Waals surface area contributed by atoms with Crippen LogP contribution < -0.4 is 16.0 Å². The summed E-state index contributed by atoms with van der Waals surface area (Å²) in [6.07, 6.45) is -4.64. The van der Waals surface area contributed by atoms with Gasteiger partial charge >= 0.3 is 18.1 Å². The van der Waals surface area contributed by atoms with E-state index in [1.165, 1.54) is 36.4 Å². The van der Waals surface area contributed by atoms with Crippen LogP contribution in [0.3, 0.4) is 0 Å². The molecule has 0 aromatic heterocycles. The number of aromatic carboxylic acids is 2. The van der Waals surface area contributed by atoms with Crippen LogP contribution in [0.25, 0.3) is 0 Å². The lowest BCUT2D eigenvalue weighted by Gasteiger charge is -2.27. The Hall–Kier alpha value is -4.09. The van der Waals surface area contributed by atoms with E-state index in [0.29, 0.717) is 6.54 Å². The molecule has 1 aliphatic heterocycles. The molecular formula is C26H25F3N4O4. The molecule has 0 atom stereocenters. The predicted molar refractivity (Wildman–Crippen MR) is 133 cm³/mol. The molecular weight excluding hydrogens is 489 g/mol. The van der Waals surface area contributed by atoms with E-state index in [2.05, 4.69) is 20.9 Å². The van der Waals surface area contributed by atoms with Crippen molar-refractivity contribution < 1.29 is 33.0 Å². The molecule has 0 unspecified atom stereocenters. The number of alkyl halides is 3. The van der Waals surface area contributed by atoms with Crippen LogP contribution in [0.4, 0.5) is 35.9 Å². The highest BCUT2D eigenvalue weighted by atomic mass is 19.4. The number of carboxylic acid groups (broad SMARTS) is 2. The molecule has 5 N–H and O–H groups in total. The van der Waals surface area contributed by atoms with Gasteiger partial charge in [0.25, 0.3) is 0 Å². The summed E-state index contributed by atoms with van der Waals surface area (Å²) in [5.41, 5.74) is 0.00376. The molecule has 0 spiro atoms. The van der Waals surface area contributed by atoms with Crippen LogP contribution >= 0.6 is 0 Å². The molecule has 0 amide bonds. The van der Waals surface area contributed by atoms with Crippen LogP contribution in [-0.4, -0.2) is 53.2 Å². The van der Waals surface area contributed by atoms with Crippen molar-refractivity contribution in [2.24, 2.45) is 0 Å². The fourth-order valence-electron chi connectivity index (χ4n) is 4.10. The Bertz CT molecular complexity index is 1310. The van der Waals surface area contributed by atoms with Crippen molar-refractivity contribution in [1.29, 1.82) is 0 Å². The third-order valence-electron chi connectivity index (χ3n) is 5.97. The average molecular weight is 515 g/mol. The molecule has 8 nitrogen and oxygen atoms in total. The van der Waals surface area contributed by atoms with Crippen molar-refractivity contribution in [3.63, 3.8) is 0 Å². The molecule has 11 heteroatoms. The van der Waals surface area contributed by atoms with Crippen molar-refractivity contribution in [2.45, 2.75) is 12.7 Å². The van der Waals surface area contributed by atoms with E-state index < -0.39 is 23.7 Å². The van der Waals surface area contributed by atoms with E-state index in [-0.39, 0.29) is 33.9 Å². The highest BCUT2D eigenvalue weighted by molar-refractivity contribution is 5.98. The zero-order valence-corrected chi connectivity index (χ0v) is 19.6. The summed E-state index contributed by atoms with van der Waals surface area (Å²) < 4.78 is 40.5. The molecule has 0 saturated carbocycles. The molecule has 194 valence electrons.